The molecule has 0 saturated carbocycles. The maximum Gasteiger partial charge on any atom is 0.240 e. The first-order valence-electron chi connectivity index (χ1n) is 7.44. The van der Waals surface area contributed by atoms with E-state index in [0.717, 1.165) is 18.5 Å². The molecule has 0 bridgehead atoms. The summed E-state index contributed by atoms with van der Waals surface area (Å²) < 4.78 is 26.4. The van der Waals surface area contributed by atoms with Crippen molar-refractivity contribution in [3.8, 4) is 0 Å². The van der Waals surface area contributed by atoms with Crippen molar-refractivity contribution >= 4 is 15.7 Å². The molecule has 0 radical (unpaired) electrons. The molecule has 4 N–H and O–H groups in total. The number of nitrogens with one attached hydrogen (secondary N) is 2. The minimum absolute atomic E-state index is 0.0969. The van der Waals surface area contributed by atoms with Crippen molar-refractivity contribution in [1.29, 1.82) is 0 Å². The first-order chi connectivity index (χ1) is 9.85. The second-order valence-electron chi connectivity index (χ2n) is 5.69. The summed E-state index contributed by atoms with van der Waals surface area (Å²) in [5.41, 5.74) is 6.89. The molecule has 120 valence electrons. The first kappa shape index (κ1) is 17.9. The Morgan fingerprint density at radius 2 is 1.81 bits per heavy atom. The molecule has 0 aliphatic rings. The van der Waals surface area contributed by atoms with Gasteiger partial charge in [-0.05, 0) is 43.0 Å². The van der Waals surface area contributed by atoms with Gasteiger partial charge in [-0.3, -0.25) is 0 Å². The van der Waals surface area contributed by atoms with Crippen molar-refractivity contribution in [1.82, 2.24) is 4.72 Å². The van der Waals surface area contributed by atoms with Crippen molar-refractivity contribution in [2.75, 3.05) is 18.4 Å². The van der Waals surface area contributed by atoms with E-state index < -0.39 is 10.0 Å². The number of sulfonamides is 1. The van der Waals surface area contributed by atoms with Gasteiger partial charge in [-0.25, -0.2) is 13.1 Å². The van der Waals surface area contributed by atoms with Crippen LogP contribution in [0.15, 0.2) is 29.2 Å². The molecule has 0 heterocycles. The quantitative estimate of drug-likeness (QED) is 0.652. The topological polar surface area (TPSA) is 84.2 Å². The molecule has 0 spiro atoms. The SMILES string of the molecule is CCCNS(=O)(=O)c1ccc(NCC(N)CC(C)C)cc1. The molecule has 1 atom stereocenters. The summed E-state index contributed by atoms with van der Waals surface area (Å²) in [6, 6.07) is 6.84. The highest BCUT2D eigenvalue weighted by Gasteiger charge is 2.12. The van der Waals surface area contributed by atoms with Gasteiger partial charge < -0.3 is 11.1 Å². The largest absolute Gasteiger partial charge is 0.383 e. The lowest BCUT2D eigenvalue weighted by Gasteiger charge is -2.15. The van der Waals surface area contributed by atoms with E-state index in [2.05, 4.69) is 23.9 Å². The Kier molecular flexibility index (Phi) is 7.14. The predicted octanol–water partition coefficient (Wildman–Crippen LogP) is 2.16. The van der Waals surface area contributed by atoms with Gasteiger partial charge in [-0.1, -0.05) is 20.8 Å². The first-order valence-corrected chi connectivity index (χ1v) is 8.92. The van der Waals surface area contributed by atoms with Crippen LogP contribution >= 0.6 is 0 Å². The van der Waals surface area contributed by atoms with Gasteiger partial charge in [0, 0.05) is 24.8 Å². The lowest BCUT2D eigenvalue weighted by atomic mass is 10.0. The van der Waals surface area contributed by atoms with Crippen LogP contribution in [0.25, 0.3) is 0 Å². The molecule has 0 amide bonds. The molecule has 21 heavy (non-hydrogen) atoms. The summed E-state index contributed by atoms with van der Waals surface area (Å²) in [4.78, 5) is 0.285. The number of benzene rings is 1. The van der Waals surface area contributed by atoms with E-state index >= 15 is 0 Å². The normalized spacial score (nSPS) is 13.4. The Morgan fingerprint density at radius 3 is 2.33 bits per heavy atom. The van der Waals surface area contributed by atoms with Gasteiger partial charge in [0.15, 0.2) is 0 Å². The van der Waals surface area contributed by atoms with Gasteiger partial charge in [0.2, 0.25) is 10.0 Å². The van der Waals surface area contributed by atoms with Gasteiger partial charge >= 0.3 is 0 Å². The van der Waals surface area contributed by atoms with E-state index in [4.69, 9.17) is 5.73 Å². The molecule has 0 aliphatic carbocycles. The highest BCUT2D eigenvalue weighted by molar-refractivity contribution is 7.89. The molecule has 0 aliphatic heterocycles. The number of anilines is 1. The third-order valence-corrected chi connectivity index (χ3v) is 4.53. The summed E-state index contributed by atoms with van der Waals surface area (Å²) >= 11 is 0. The molecule has 5 nitrogen and oxygen atoms in total. The lowest BCUT2D eigenvalue weighted by Crippen LogP contribution is -2.30. The molecule has 0 fully saturated rings. The fraction of sp³-hybridized carbons (Fsp3) is 0.600. The second-order valence-corrected chi connectivity index (χ2v) is 7.46. The standard InChI is InChI=1S/C15H27N3O2S/c1-4-9-18-21(19,20)15-7-5-14(6-8-15)17-11-13(16)10-12(2)3/h5-8,12-13,17-18H,4,9-11,16H2,1-3H3. The Morgan fingerprint density at radius 1 is 1.19 bits per heavy atom. The van der Waals surface area contributed by atoms with Gasteiger partial charge in [0.25, 0.3) is 0 Å². The van der Waals surface area contributed by atoms with E-state index in [9.17, 15) is 8.42 Å². The van der Waals surface area contributed by atoms with E-state index in [1.54, 1.807) is 24.3 Å². The smallest absolute Gasteiger partial charge is 0.240 e. The minimum atomic E-state index is -3.39. The molecule has 1 rings (SSSR count). The Balaban J connectivity index is 2.58. The summed E-state index contributed by atoms with van der Waals surface area (Å²) in [6.45, 7) is 7.34. The Bertz CT molecular complexity index is 512. The van der Waals surface area contributed by atoms with Crippen LogP contribution in [-0.4, -0.2) is 27.5 Å². The summed E-state index contributed by atoms with van der Waals surface area (Å²) in [5, 5.41) is 3.23. The molecule has 6 heteroatoms. The predicted molar refractivity (Wildman–Crippen MR) is 87.8 cm³/mol. The van der Waals surface area contributed by atoms with Crippen LogP contribution in [0.1, 0.15) is 33.6 Å². The summed E-state index contributed by atoms with van der Waals surface area (Å²) in [7, 11) is -3.39. The third kappa shape index (κ3) is 6.46. The maximum absolute atomic E-state index is 11.9. The van der Waals surface area contributed by atoms with E-state index in [1.165, 1.54) is 0 Å². The van der Waals surface area contributed by atoms with Crippen molar-refractivity contribution in [3.05, 3.63) is 24.3 Å². The second kappa shape index (κ2) is 8.36. The number of hydrogen-bond acceptors (Lipinski definition) is 4. The highest BCUT2D eigenvalue weighted by atomic mass is 32.2. The molecule has 0 saturated heterocycles. The number of hydrogen-bond donors (Lipinski definition) is 3. The maximum atomic E-state index is 11.9. The van der Waals surface area contributed by atoms with Crippen molar-refractivity contribution < 1.29 is 8.42 Å². The fourth-order valence-corrected chi connectivity index (χ4v) is 3.14. The van der Waals surface area contributed by atoms with E-state index in [1.807, 2.05) is 6.92 Å². The van der Waals surface area contributed by atoms with Crippen LogP contribution in [0.4, 0.5) is 5.69 Å². The monoisotopic (exact) mass is 313 g/mol. The van der Waals surface area contributed by atoms with Crippen LogP contribution in [0.2, 0.25) is 0 Å². The zero-order valence-corrected chi connectivity index (χ0v) is 13.9. The fourth-order valence-electron chi connectivity index (χ4n) is 2.01. The lowest BCUT2D eigenvalue weighted by molar-refractivity contribution is 0.508. The average molecular weight is 313 g/mol. The summed E-state index contributed by atoms with van der Waals surface area (Å²) in [5.74, 6) is 0.568. The van der Waals surface area contributed by atoms with Crippen LogP contribution in [0.5, 0.6) is 0 Å². The molecule has 1 aromatic carbocycles. The highest BCUT2D eigenvalue weighted by Crippen LogP contribution is 2.14. The van der Waals surface area contributed by atoms with Gasteiger partial charge in [-0.2, -0.15) is 0 Å². The molecule has 1 aromatic rings. The summed E-state index contributed by atoms with van der Waals surface area (Å²) in [6.07, 6.45) is 1.73. The zero-order valence-electron chi connectivity index (χ0n) is 13.1. The Hall–Kier alpha value is -1.11. The van der Waals surface area contributed by atoms with E-state index in [0.29, 0.717) is 19.0 Å². The van der Waals surface area contributed by atoms with Crippen molar-refractivity contribution in [3.63, 3.8) is 0 Å². The third-order valence-electron chi connectivity index (χ3n) is 3.05. The number of rotatable bonds is 9. The minimum Gasteiger partial charge on any atom is -0.383 e. The molecular weight excluding hydrogens is 286 g/mol. The van der Waals surface area contributed by atoms with Crippen LogP contribution in [0, 0.1) is 5.92 Å². The average Bonchev–Trinajstić information content (AvgIpc) is 2.43. The number of nitrogens with two attached hydrogens (primary N) is 1. The van der Waals surface area contributed by atoms with Gasteiger partial charge in [0.1, 0.15) is 0 Å². The molecule has 1 unspecified atom stereocenters. The van der Waals surface area contributed by atoms with E-state index in [-0.39, 0.29) is 10.9 Å². The van der Waals surface area contributed by atoms with Gasteiger partial charge in [0.05, 0.1) is 4.90 Å². The van der Waals surface area contributed by atoms with Crippen LogP contribution in [-0.2, 0) is 10.0 Å². The van der Waals surface area contributed by atoms with Crippen LogP contribution in [0.3, 0.4) is 0 Å². The van der Waals surface area contributed by atoms with Crippen molar-refractivity contribution in [2.45, 2.75) is 44.6 Å². The molecular formula is C15H27N3O2S. The van der Waals surface area contributed by atoms with Crippen LogP contribution < -0.4 is 15.8 Å². The molecule has 0 aromatic heterocycles. The zero-order chi connectivity index (χ0) is 15.9. The van der Waals surface area contributed by atoms with Gasteiger partial charge in [-0.15, -0.1) is 0 Å². The Labute approximate surface area is 128 Å². The van der Waals surface area contributed by atoms with Crippen molar-refractivity contribution in [2.24, 2.45) is 11.7 Å².